The van der Waals surface area contributed by atoms with Gasteiger partial charge in [-0.1, -0.05) is 18.6 Å². The van der Waals surface area contributed by atoms with E-state index in [1.165, 1.54) is 51.6 Å². The van der Waals surface area contributed by atoms with Crippen LogP contribution in [-0.4, -0.2) is 30.6 Å². The summed E-state index contributed by atoms with van der Waals surface area (Å²) in [4.78, 5) is 15.9. The molecule has 2 aromatic carbocycles. The second-order valence-electron chi connectivity index (χ2n) is 8.90. The highest BCUT2D eigenvalue weighted by molar-refractivity contribution is 7.25. The average molecular weight is 422 g/mol. The smallest absolute Gasteiger partial charge is 0.198 e. The molecular formula is C25H31N3OS. The van der Waals surface area contributed by atoms with Crippen molar-refractivity contribution in [2.24, 2.45) is 5.92 Å². The summed E-state index contributed by atoms with van der Waals surface area (Å²) in [5.74, 6) is 0.838. The van der Waals surface area contributed by atoms with Crippen LogP contribution in [0.1, 0.15) is 44.9 Å². The van der Waals surface area contributed by atoms with E-state index in [2.05, 4.69) is 10.2 Å². The predicted molar refractivity (Wildman–Crippen MR) is 130 cm³/mol. The van der Waals surface area contributed by atoms with Crippen molar-refractivity contribution in [3.8, 4) is 0 Å². The lowest BCUT2D eigenvalue weighted by Gasteiger charge is -2.44. The van der Waals surface area contributed by atoms with E-state index >= 15 is 0 Å². The Morgan fingerprint density at radius 1 is 1.07 bits per heavy atom. The molecule has 0 aliphatic carbocycles. The van der Waals surface area contributed by atoms with Gasteiger partial charge >= 0.3 is 0 Å². The summed E-state index contributed by atoms with van der Waals surface area (Å²) in [5, 5.41) is 5.10. The molecule has 0 bridgehead atoms. The summed E-state index contributed by atoms with van der Waals surface area (Å²) in [5.41, 5.74) is 7.93. The number of fused-ring (bicyclic) bond motifs is 3. The Bertz CT molecular complexity index is 1110. The number of hydrogen-bond acceptors (Lipinski definition) is 5. The molecule has 2 saturated heterocycles. The van der Waals surface area contributed by atoms with Crippen molar-refractivity contribution >= 4 is 42.9 Å². The number of nitrogens with one attached hydrogen (secondary N) is 1. The summed E-state index contributed by atoms with van der Waals surface area (Å²) < 4.78 is 1.89. The fourth-order valence-corrected chi connectivity index (χ4v) is 6.70. The molecule has 4 nitrogen and oxygen atoms in total. The third kappa shape index (κ3) is 3.69. The number of anilines is 2. The van der Waals surface area contributed by atoms with Gasteiger partial charge in [0.15, 0.2) is 5.43 Å². The molecule has 2 aliphatic heterocycles. The molecule has 0 spiro atoms. The van der Waals surface area contributed by atoms with Crippen LogP contribution in [0, 0.1) is 5.92 Å². The van der Waals surface area contributed by atoms with E-state index in [1.807, 2.05) is 36.4 Å². The van der Waals surface area contributed by atoms with Crippen molar-refractivity contribution in [2.75, 3.05) is 30.7 Å². The molecule has 2 aliphatic rings. The first-order valence-corrected chi connectivity index (χ1v) is 12.3. The van der Waals surface area contributed by atoms with Crippen LogP contribution in [-0.2, 0) is 0 Å². The van der Waals surface area contributed by atoms with E-state index in [0.29, 0.717) is 5.69 Å². The van der Waals surface area contributed by atoms with Crippen molar-refractivity contribution in [1.29, 1.82) is 0 Å². The predicted octanol–water partition coefficient (Wildman–Crippen LogP) is 5.45. The molecule has 3 N–H and O–H groups in total. The Kier molecular flexibility index (Phi) is 5.66. The van der Waals surface area contributed by atoms with Crippen molar-refractivity contribution in [3.05, 3.63) is 46.6 Å². The fourth-order valence-electron chi connectivity index (χ4n) is 5.57. The maximum Gasteiger partial charge on any atom is 0.198 e. The maximum atomic E-state index is 13.2. The number of nitrogens with zero attached hydrogens (tertiary/aromatic N) is 1. The number of hydrogen-bond donors (Lipinski definition) is 2. The summed E-state index contributed by atoms with van der Waals surface area (Å²) in [6.45, 7) is 3.51. The summed E-state index contributed by atoms with van der Waals surface area (Å²) in [7, 11) is 0. The molecule has 5 rings (SSSR count). The van der Waals surface area contributed by atoms with Gasteiger partial charge in [0.2, 0.25) is 0 Å². The molecule has 5 heteroatoms. The highest BCUT2D eigenvalue weighted by Crippen LogP contribution is 2.35. The highest BCUT2D eigenvalue weighted by atomic mass is 32.1. The molecule has 0 saturated carbocycles. The van der Waals surface area contributed by atoms with Crippen molar-refractivity contribution in [3.63, 3.8) is 0 Å². The first kappa shape index (κ1) is 19.8. The molecule has 0 amide bonds. The Labute approximate surface area is 182 Å². The van der Waals surface area contributed by atoms with E-state index in [0.717, 1.165) is 50.8 Å². The zero-order chi connectivity index (χ0) is 20.5. The van der Waals surface area contributed by atoms with Crippen LogP contribution >= 0.6 is 11.3 Å². The lowest BCUT2D eigenvalue weighted by molar-refractivity contribution is 0.0553. The number of rotatable bonds is 5. The van der Waals surface area contributed by atoms with E-state index < -0.39 is 0 Å². The van der Waals surface area contributed by atoms with Crippen LogP contribution in [0.5, 0.6) is 0 Å². The number of benzene rings is 2. The van der Waals surface area contributed by atoms with Gasteiger partial charge in [0, 0.05) is 34.0 Å². The van der Waals surface area contributed by atoms with Gasteiger partial charge in [-0.15, -0.1) is 11.3 Å². The largest absolute Gasteiger partial charge is 0.398 e. The first-order valence-electron chi connectivity index (χ1n) is 11.4. The number of nitrogens with two attached hydrogens (primary N) is 1. The normalized spacial score (nSPS) is 22.3. The fraction of sp³-hybridized carbons (Fsp3) is 0.480. The standard InChI is InChI=1S/C25H31N3OS/c26-19-12-13-20(23-24(29)18-9-1-2-11-22(18)30-25(19)23)27-14-5-7-17-8-6-16-28-15-4-3-10-21(17)28/h1-2,9,11-13,17,21,27H,3-8,10,14-16,26H2. The van der Waals surface area contributed by atoms with Gasteiger partial charge in [-0.2, -0.15) is 0 Å². The number of piperidine rings is 2. The lowest BCUT2D eigenvalue weighted by Crippen LogP contribution is -2.47. The van der Waals surface area contributed by atoms with Gasteiger partial charge in [-0.3, -0.25) is 4.79 Å². The van der Waals surface area contributed by atoms with Gasteiger partial charge in [-0.05, 0) is 81.8 Å². The average Bonchev–Trinajstić information content (AvgIpc) is 2.78. The van der Waals surface area contributed by atoms with E-state index in [4.69, 9.17) is 5.73 Å². The minimum Gasteiger partial charge on any atom is -0.398 e. The molecular weight excluding hydrogens is 390 g/mol. The van der Waals surface area contributed by atoms with Gasteiger partial charge in [0.25, 0.3) is 0 Å². The van der Waals surface area contributed by atoms with E-state index in [9.17, 15) is 4.79 Å². The zero-order valence-electron chi connectivity index (χ0n) is 17.5. The maximum absolute atomic E-state index is 13.2. The van der Waals surface area contributed by atoms with Crippen molar-refractivity contribution < 1.29 is 0 Å². The lowest BCUT2D eigenvalue weighted by atomic mass is 9.81. The minimum atomic E-state index is 0.0827. The first-order chi connectivity index (χ1) is 14.7. The number of nitrogen functional groups attached to an aromatic ring is 1. The van der Waals surface area contributed by atoms with Crippen LogP contribution < -0.4 is 16.5 Å². The monoisotopic (exact) mass is 421 g/mol. The Morgan fingerprint density at radius 2 is 1.93 bits per heavy atom. The third-order valence-corrected chi connectivity index (χ3v) is 8.27. The Morgan fingerprint density at radius 3 is 2.87 bits per heavy atom. The molecule has 3 heterocycles. The van der Waals surface area contributed by atoms with Gasteiger partial charge in [0.1, 0.15) is 0 Å². The van der Waals surface area contributed by atoms with Crippen LogP contribution in [0.25, 0.3) is 20.2 Å². The molecule has 2 unspecified atom stereocenters. The molecule has 2 atom stereocenters. The molecule has 1 aromatic heterocycles. The minimum absolute atomic E-state index is 0.0827. The second kappa shape index (κ2) is 8.56. The zero-order valence-corrected chi connectivity index (χ0v) is 18.3. The highest BCUT2D eigenvalue weighted by Gasteiger charge is 2.32. The summed E-state index contributed by atoms with van der Waals surface area (Å²) in [6.07, 6.45) is 9.31. The van der Waals surface area contributed by atoms with Gasteiger partial charge in [0.05, 0.1) is 10.1 Å². The van der Waals surface area contributed by atoms with E-state index in [-0.39, 0.29) is 5.43 Å². The molecule has 3 aromatic rings. The Hall–Kier alpha value is -2.11. The van der Waals surface area contributed by atoms with Crippen LogP contribution in [0.2, 0.25) is 0 Å². The quantitative estimate of drug-likeness (QED) is 0.327. The third-order valence-electron chi connectivity index (χ3n) is 7.05. The van der Waals surface area contributed by atoms with Crippen molar-refractivity contribution in [2.45, 2.75) is 51.0 Å². The molecule has 158 valence electrons. The topological polar surface area (TPSA) is 58.4 Å². The second-order valence-corrected chi connectivity index (χ2v) is 9.96. The van der Waals surface area contributed by atoms with Gasteiger partial charge in [-0.25, -0.2) is 0 Å². The molecule has 30 heavy (non-hydrogen) atoms. The SMILES string of the molecule is Nc1ccc(NCCCC2CCCN3CCCCC23)c2c(=O)c3ccccc3sc12. The Balaban J connectivity index is 1.32. The summed E-state index contributed by atoms with van der Waals surface area (Å²) >= 11 is 1.61. The van der Waals surface area contributed by atoms with E-state index in [1.54, 1.807) is 11.3 Å². The van der Waals surface area contributed by atoms with Gasteiger partial charge < -0.3 is 16.0 Å². The van der Waals surface area contributed by atoms with Crippen molar-refractivity contribution in [1.82, 2.24) is 4.90 Å². The van der Waals surface area contributed by atoms with Crippen LogP contribution in [0.3, 0.4) is 0 Å². The van der Waals surface area contributed by atoms with Crippen LogP contribution in [0.4, 0.5) is 11.4 Å². The summed E-state index contributed by atoms with van der Waals surface area (Å²) in [6, 6.07) is 12.5. The molecule has 2 fully saturated rings. The molecule has 0 radical (unpaired) electrons. The van der Waals surface area contributed by atoms with Crippen LogP contribution in [0.15, 0.2) is 41.2 Å².